The summed E-state index contributed by atoms with van der Waals surface area (Å²) in [5.41, 5.74) is 0. The van der Waals surface area contributed by atoms with Gasteiger partial charge in [-0.3, -0.25) is 14.4 Å². The van der Waals surface area contributed by atoms with Crippen LogP contribution in [0, 0.1) is 0 Å². The highest BCUT2D eigenvalue weighted by Gasteiger charge is 2.19. The maximum absolute atomic E-state index is 12.9. The van der Waals surface area contributed by atoms with Crippen molar-refractivity contribution in [1.82, 2.24) is 0 Å². The second-order valence-electron chi connectivity index (χ2n) is 21.3. The zero-order chi connectivity index (χ0) is 57.8. The first-order valence-electron chi connectivity index (χ1n) is 32.8. The van der Waals surface area contributed by atoms with Crippen LogP contribution in [0.15, 0.2) is 146 Å². The lowest BCUT2D eigenvalue weighted by Gasteiger charge is -2.18. The van der Waals surface area contributed by atoms with E-state index in [1.54, 1.807) is 0 Å². The minimum absolute atomic E-state index is 0.0961. The van der Waals surface area contributed by atoms with Gasteiger partial charge in [-0.05, 0) is 122 Å². The second kappa shape index (κ2) is 66.8. The molecule has 0 aromatic heterocycles. The molecule has 0 amide bonds. The smallest absolute Gasteiger partial charge is 0.306 e. The van der Waals surface area contributed by atoms with Crippen molar-refractivity contribution < 1.29 is 28.6 Å². The number of rotatable bonds is 58. The number of ether oxygens (including phenoxy) is 3. The van der Waals surface area contributed by atoms with E-state index in [1.807, 2.05) is 0 Å². The summed E-state index contributed by atoms with van der Waals surface area (Å²) in [6.45, 7) is 6.38. The van der Waals surface area contributed by atoms with Crippen molar-refractivity contribution in [3.8, 4) is 0 Å². The van der Waals surface area contributed by atoms with E-state index in [9.17, 15) is 14.4 Å². The highest BCUT2D eigenvalue weighted by molar-refractivity contribution is 5.71. The van der Waals surface area contributed by atoms with Gasteiger partial charge in [0.25, 0.3) is 0 Å². The van der Waals surface area contributed by atoms with E-state index >= 15 is 0 Å². The molecule has 0 aromatic rings. The fourth-order valence-electron chi connectivity index (χ4n) is 8.74. The lowest BCUT2D eigenvalue weighted by molar-refractivity contribution is -0.167. The number of carbonyl (C=O) groups excluding carboxylic acids is 3. The van der Waals surface area contributed by atoms with Crippen molar-refractivity contribution in [3.05, 3.63) is 146 Å². The van der Waals surface area contributed by atoms with Crippen LogP contribution in [0.2, 0.25) is 0 Å². The van der Waals surface area contributed by atoms with Gasteiger partial charge in [-0.2, -0.15) is 0 Å². The molecule has 0 saturated heterocycles. The van der Waals surface area contributed by atoms with Crippen molar-refractivity contribution in [2.75, 3.05) is 13.2 Å². The van der Waals surface area contributed by atoms with Crippen molar-refractivity contribution in [2.45, 2.75) is 290 Å². The van der Waals surface area contributed by atoms with Gasteiger partial charge >= 0.3 is 17.9 Å². The van der Waals surface area contributed by atoms with Gasteiger partial charge < -0.3 is 14.2 Å². The zero-order valence-electron chi connectivity index (χ0n) is 51.8. The molecule has 1 unspecified atom stereocenters. The van der Waals surface area contributed by atoms with Gasteiger partial charge in [0.05, 0.1) is 0 Å². The summed E-state index contributed by atoms with van der Waals surface area (Å²) >= 11 is 0. The third kappa shape index (κ3) is 64.1. The summed E-state index contributed by atoms with van der Waals surface area (Å²) in [4.78, 5) is 38.3. The molecule has 452 valence electrons. The molecule has 6 nitrogen and oxygen atoms in total. The van der Waals surface area contributed by atoms with Crippen molar-refractivity contribution >= 4 is 17.9 Å². The number of hydrogen-bond acceptors (Lipinski definition) is 6. The molecule has 0 radical (unpaired) electrons. The lowest BCUT2D eigenvalue weighted by Crippen LogP contribution is -2.30. The first kappa shape index (κ1) is 75.3. The Hall–Kier alpha value is -4.71. The Morgan fingerprint density at radius 1 is 0.263 bits per heavy atom. The van der Waals surface area contributed by atoms with E-state index in [0.717, 1.165) is 128 Å². The molecule has 6 heteroatoms. The highest BCUT2D eigenvalue weighted by Crippen LogP contribution is 2.16. The van der Waals surface area contributed by atoms with Gasteiger partial charge in [0.15, 0.2) is 6.10 Å². The average molecular weight is 1110 g/mol. The molecule has 0 rings (SSSR count). The lowest BCUT2D eigenvalue weighted by atomic mass is 10.0. The van der Waals surface area contributed by atoms with Gasteiger partial charge in [0.2, 0.25) is 0 Å². The van der Waals surface area contributed by atoms with Crippen LogP contribution in [0.1, 0.15) is 284 Å². The largest absolute Gasteiger partial charge is 0.462 e. The van der Waals surface area contributed by atoms with E-state index < -0.39 is 6.10 Å². The third-order valence-electron chi connectivity index (χ3n) is 13.6. The second-order valence-corrected chi connectivity index (χ2v) is 21.3. The normalized spacial score (nSPS) is 13.1. The summed E-state index contributed by atoms with van der Waals surface area (Å²) in [6, 6.07) is 0. The van der Waals surface area contributed by atoms with Crippen LogP contribution in [0.5, 0.6) is 0 Å². The molecule has 0 saturated carbocycles. The summed E-state index contributed by atoms with van der Waals surface area (Å²) in [7, 11) is 0. The topological polar surface area (TPSA) is 78.9 Å². The van der Waals surface area contributed by atoms with E-state index in [2.05, 4.69) is 167 Å². The SMILES string of the molecule is CC/C=C\C/C=C\C/C=C\C/C=C\C/C=C\C/C=C\C/C=C\C/C=C\CCCCC(=O)OCC(COC(=O)CCCCCCCCCCCCCC)OC(=O)CCCCCCCCCCCC/C=C\C/C=C\C/C=C\C/C=C\CC. The van der Waals surface area contributed by atoms with Crippen LogP contribution in [0.3, 0.4) is 0 Å². The van der Waals surface area contributed by atoms with Gasteiger partial charge in [0, 0.05) is 19.3 Å². The molecule has 0 aliphatic rings. The Bertz CT molecular complexity index is 1750. The van der Waals surface area contributed by atoms with Crippen LogP contribution < -0.4 is 0 Å². The third-order valence-corrected chi connectivity index (χ3v) is 13.6. The molecule has 0 N–H and O–H groups in total. The standard InChI is InChI=1S/C74H120O6/c1-4-7-10-13-16-19-22-25-27-29-31-33-35-36-37-38-40-41-43-45-47-49-52-55-58-61-64-67-73(76)79-70-71(69-78-72(75)66-63-60-57-54-51-24-21-18-15-12-9-6-3)80-74(77)68-65-62-59-56-53-50-48-46-44-42-39-34-32-30-28-26-23-20-17-14-11-8-5-2/h7-8,10-11,16-17,19-20,25-28,31-34,36-37,40-41,45,47,52,55,71H,4-6,9,12-15,18,21-24,29-30,35,38-39,42-44,46,48-51,53-54,56-70H2,1-3H3/b10-7-,11-8-,19-16-,20-17-,27-25-,28-26-,33-31-,34-32-,37-36-,41-40-,47-45-,55-52-. The summed E-state index contributed by atoms with van der Waals surface area (Å²) in [6.07, 6.45) is 95.7. The monoisotopic (exact) mass is 1100 g/mol. The molecule has 80 heavy (non-hydrogen) atoms. The number of hydrogen-bond donors (Lipinski definition) is 0. The van der Waals surface area contributed by atoms with E-state index in [0.29, 0.717) is 25.7 Å². The van der Waals surface area contributed by atoms with Crippen LogP contribution in [0.25, 0.3) is 0 Å². The van der Waals surface area contributed by atoms with Gasteiger partial charge in [0.1, 0.15) is 13.2 Å². The number of esters is 3. The maximum Gasteiger partial charge on any atom is 0.306 e. The first-order chi connectivity index (χ1) is 39.5. The predicted octanol–water partition coefficient (Wildman–Crippen LogP) is 22.7. The minimum Gasteiger partial charge on any atom is -0.462 e. The predicted molar refractivity (Wildman–Crippen MR) is 348 cm³/mol. The number of carbonyl (C=O) groups is 3. The van der Waals surface area contributed by atoms with Crippen LogP contribution in [-0.4, -0.2) is 37.2 Å². The number of allylic oxidation sites excluding steroid dienone is 24. The molecule has 0 bridgehead atoms. The van der Waals surface area contributed by atoms with E-state index in [-0.39, 0.29) is 31.1 Å². The van der Waals surface area contributed by atoms with Gasteiger partial charge in [-0.1, -0.05) is 289 Å². The Kier molecular flexibility index (Phi) is 62.9. The molecule has 0 aliphatic carbocycles. The van der Waals surface area contributed by atoms with Gasteiger partial charge in [-0.25, -0.2) is 0 Å². The van der Waals surface area contributed by atoms with E-state index in [1.165, 1.54) is 109 Å². The number of unbranched alkanes of at least 4 members (excludes halogenated alkanes) is 23. The van der Waals surface area contributed by atoms with Crippen molar-refractivity contribution in [2.24, 2.45) is 0 Å². The molecule has 0 spiro atoms. The summed E-state index contributed by atoms with van der Waals surface area (Å²) < 4.78 is 16.9. The van der Waals surface area contributed by atoms with Gasteiger partial charge in [-0.15, -0.1) is 0 Å². The Balaban J connectivity index is 4.42. The molecule has 1 atom stereocenters. The molecule has 0 aliphatic heterocycles. The molecule has 0 aromatic carbocycles. The fourth-order valence-corrected chi connectivity index (χ4v) is 8.74. The molecular formula is C74H120O6. The molecule has 0 fully saturated rings. The van der Waals surface area contributed by atoms with Crippen molar-refractivity contribution in [1.29, 1.82) is 0 Å². The van der Waals surface area contributed by atoms with Crippen molar-refractivity contribution in [3.63, 3.8) is 0 Å². The van der Waals surface area contributed by atoms with Crippen LogP contribution in [-0.2, 0) is 28.6 Å². The van der Waals surface area contributed by atoms with E-state index in [4.69, 9.17) is 14.2 Å². The summed E-state index contributed by atoms with van der Waals surface area (Å²) in [5, 5.41) is 0. The molecule has 0 heterocycles. The average Bonchev–Trinajstić information content (AvgIpc) is 3.46. The first-order valence-corrected chi connectivity index (χ1v) is 32.8. The van der Waals surface area contributed by atoms with Crippen LogP contribution >= 0.6 is 0 Å². The summed E-state index contributed by atoms with van der Waals surface area (Å²) in [5.74, 6) is -0.944. The fraction of sp³-hybridized carbons (Fsp3) is 0.635. The Labute approximate surface area is 493 Å². The molecular weight excluding hydrogens is 985 g/mol. The Morgan fingerprint density at radius 2 is 0.487 bits per heavy atom. The highest BCUT2D eigenvalue weighted by atomic mass is 16.6. The Morgan fingerprint density at radius 3 is 0.787 bits per heavy atom. The van der Waals surface area contributed by atoms with Crippen LogP contribution in [0.4, 0.5) is 0 Å². The zero-order valence-corrected chi connectivity index (χ0v) is 51.8. The quantitative estimate of drug-likeness (QED) is 0.0261. The maximum atomic E-state index is 12.9. The minimum atomic E-state index is -0.804.